The Morgan fingerprint density at radius 3 is 2.52 bits per heavy atom. The number of nitrogens with one attached hydrogen (secondary N) is 1. The first-order valence-corrected chi connectivity index (χ1v) is 6.87. The number of hydrogen-bond donors (Lipinski definition) is 2. The third kappa shape index (κ3) is 3.32. The van der Waals surface area contributed by atoms with Gasteiger partial charge in [-0.05, 0) is 38.5 Å². The van der Waals surface area contributed by atoms with Gasteiger partial charge in [-0.3, -0.25) is 9.59 Å². The van der Waals surface area contributed by atoms with Crippen molar-refractivity contribution in [3.05, 3.63) is 24.0 Å². The fourth-order valence-electron chi connectivity index (χ4n) is 2.14. The van der Waals surface area contributed by atoms with Crippen LogP contribution in [-0.4, -0.2) is 30.1 Å². The summed E-state index contributed by atoms with van der Waals surface area (Å²) in [6.07, 6.45) is 0.345. The van der Waals surface area contributed by atoms with E-state index in [9.17, 15) is 14.0 Å². The van der Waals surface area contributed by atoms with Gasteiger partial charge in [0.15, 0.2) is 0 Å². The molecule has 1 aliphatic rings. The third-order valence-electron chi connectivity index (χ3n) is 3.81. The van der Waals surface area contributed by atoms with Crippen LogP contribution in [-0.2, 0) is 9.59 Å². The van der Waals surface area contributed by atoms with E-state index >= 15 is 0 Å². The predicted molar refractivity (Wildman–Crippen MR) is 77.8 cm³/mol. The summed E-state index contributed by atoms with van der Waals surface area (Å²) in [5.74, 6) is -2.87. The highest BCUT2D eigenvalue weighted by atomic mass is 19.1. The third-order valence-corrected chi connectivity index (χ3v) is 3.81. The molecule has 1 saturated carbocycles. The number of carboxylic acids is 1. The molecule has 0 heterocycles. The second-order valence-electron chi connectivity index (χ2n) is 5.65. The van der Waals surface area contributed by atoms with Gasteiger partial charge in [0.05, 0.1) is 17.5 Å². The van der Waals surface area contributed by atoms with E-state index in [2.05, 4.69) is 5.32 Å². The zero-order chi connectivity index (χ0) is 15.7. The van der Waals surface area contributed by atoms with Gasteiger partial charge in [-0.25, -0.2) is 4.39 Å². The molecular formula is C15H19FN2O3. The number of carbonyl (C=O) groups is 2. The van der Waals surface area contributed by atoms with Crippen LogP contribution in [0.2, 0.25) is 0 Å². The molecular weight excluding hydrogens is 275 g/mol. The van der Waals surface area contributed by atoms with Crippen molar-refractivity contribution in [2.45, 2.75) is 26.3 Å². The lowest BCUT2D eigenvalue weighted by molar-refractivity contribution is -0.139. The minimum Gasteiger partial charge on any atom is -0.481 e. The van der Waals surface area contributed by atoms with Crippen LogP contribution in [0.4, 0.5) is 15.8 Å². The first-order valence-electron chi connectivity index (χ1n) is 6.87. The molecule has 2 unspecified atom stereocenters. The van der Waals surface area contributed by atoms with Crippen molar-refractivity contribution >= 4 is 23.3 Å². The normalized spacial score (nSPS) is 20.2. The first kappa shape index (κ1) is 15.3. The highest BCUT2D eigenvalue weighted by Crippen LogP contribution is 2.39. The Hall–Kier alpha value is -2.11. The molecule has 2 rings (SSSR count). The quantitative estimate of drug-likeness (QED) is 0.874. The van der Waals surface area contributed by atoms with Crippen LogP contribution in [0.1, 0.15) is 20.3 Å². The molecule has 0 bridgehead atoms. The summed E-state index contributed by atoms with van der Waals surface area (Å²) in [5, 5.41) is 11.4. The van der Waals surface area contributed by atoms with E-state index in [0.717, 1.165) is 0 Å². The fourth-order valence-corrected chi connectivity index (χ4v) is 2.14. The molecule has 0 saturated heterocycles. The van der Waals surface area contributed by atoms with E-state index in [1.165, 1.54) is 6.07 Å². The highest BCUT2D eigenvalue weighted by molar-refractivity contribution is 5.98. The Labute approximate surface area is 122 Å². The number of nitrogens with zero attached hydrogens (tertiary/aromatic N) is 1. The Morgan fingerprint density at radius 2 is 2.05 bits per heavy atom. The number of halogens is 1. The van der Waals surface area contributed by atoms with Gasteiger partial charge in [0.2, 0.25) is 5.91 Å². The minimum atomic E-state index is -0.963. The van der Waals surface area contributed by atoms with E-state index in [1.807, 2.05) is 13.8 Å². The van der Waals surface area contributed by atoms with Crippen LogP contribution < -0.4 is 10.2 Å². The van der Waals surface area contributed by atoms with E-state index in [4.69, 9.17) is 5.11 Å². The van der Waals surface area contributed by atoms with Crippen LogP contribution in [0.3, 0.4) is 0 Å². The van der Waals surface area contributed by atoms with Crippen LogP contribution in [0, 0.1) is 17.7 Å². The number of carboxylic acid groups (broad SMARTS) is 1. The van der Waals surface area contributed by atoms with Gasteiger partial charge in [0, 0.05) is 18.8 Å². The van der Waals surface area contributed by atoms with E-state index in [-0.39, 0.29) is 11.9 Å². The molecule has 1 aromatic carbocycles. The predicted octanol–water partition coefficient (Wildman–Crippen LogP) is 2.33. The Kier molecular flexibility index (Phi) is 4.16. The molecule has 1 fully saturated rings. The number of carbonyl (C=O) groups excluding carboxylic acids is 1. The average Bonchev–Trinajstić information content (AvgIpc) is 3.18. The topological polar surface area (TPSA) is 69.6 Å². The minimum absolute atomic E-state index is 0.155. The maximum Gasteiger partial charge on any atom is 0.307 e. The summed E-state index contributed by atoms with van der Waals surface area (Å²) in [7, 11) is 1.79. The van der Waals surface area contributed by atoms with Crippen molar-refractivity contribution in [2.24, 2.45) is 11.8 Å². The monoisotopic (exact) mass is 294 g/mol. The van der Waals surface area contributed by atoms with Gasteiger partial charge in [-0.1, -0.05) is 0 Å². The van der Waals surface area contributed by atoms with Crippen LogP contribution in [0.15, 0.2) is 18.2 Å². The summed E-state index contributed by atoms with van der Waals surface area (Å²) in [6.45, 7) is 3.91. The van der Waals surface area contributed by atoms with Crippen molar-refractivity contribution in [1.29, 1.82) is 0 Å². The summed E-state index contributed by atoms with van der Waals surface area (Å²) in [5.41, 5.74) is 0.798. The zero-order valence-corrected chi connectivity index (χ0v) is 12.3. The highest BCUT2D eigenvalue weighted by Gasteiger charge is 2.48. The van der Waals surface area contributed by atoms with Crippen molar-refractivity contribution in [1.82, 2.24) is 0 Å². The molecule has 0 aromatic heterocycles. The summed E-state index contributed by atoms with van der Waals surface area (Å²) in [6, 6.07) is 4.63. The van der Waals surface area contributed by atoms with Gasteiger partial charge < -0.3 is 15.3 Å². The van der Waals surface area contributed by atoms with Gasteiger partial charge in [-0.2, -0.15) is 0 Å². The number of benzene rings is 1. The summed E-state index contributed by atoms with van der Waals surface area (Å²) < 4.78 is 14.0. The molecule has 21 heavy (non-hydrogen) atoms. The fraction of sp³-hybridized carbons (Fsp3) is 0.467. The SMILES string of the molecule is CC(C)N(C)c1ccc(NC(=O)C2CC2C(=O)O)cc1F. The van der Waals surface area contributed by atoms with Gasteiger partial charge in [0.25, 0.3) is 0 Å². The number of rotatable bonds is 5. The van der Waals surface area contributed by atoms with Crippen molar-refractivity contribution in [3.63, 3.8) is 0 Å². The Balaban J connectivity index is 2.04. The first-order chi connectivity index (χ1) is 9.81. The number of hydrogen-bond acceptors (Lipinski definition) is 3. The molecule has 2 atom stereocenters. The van der Waals surface area contributed by atoms with E-state index in [1.54, 1.807) is 24.1 Å². The smallest absolute Gasteiger partial charge is 0.307 e. The maximum absolute atomic E-state index is 14.0. The lowest BCUT2D eigenvalue weighted by Crippen LogP contribution is -2.26. The molecule has 6 heteroatoms. The Bertz CT molecular complexity index is 574. The molecule has 5 nitrogen and oxygen atoms in total. The second-order valence-corrected chi connectivity index (χ2v) is 5.65. The summed E-state index contributed by atoms with van der Waals surface area (Å²) >= 11 is 0. The number of anilines is 2. The number of aliphatic carboxylic acids is 1. The second kappa shape index (κ2) is 5.71. The van der Waals surface area contributed by atoms with Gasteiger partial charge >= 0.3 is 5.97 Å². The van der Waals surface area contributed by atoms with Crippen molar-refractivity contribution in [2.75, 3.05) is 17.3 Å². The molecule has 0 radical (unpaired) electrons. The molecule has 1 aliphatic carbocycles. The van der Waals surface area contributed by atoms with Crippen LogP contribution in [0.25, 0.3) is 0 Å². The molecule has 0 aliphatic heterocycles. The summed E-state index contributed by atoms with van der Waals surface area (Å²) in [4.78, 5) is 24.3. The largest absolute Gasteiger partial charge is 0.481 e. The molecule has 1 amide bonds. The van der Waals surface area contributed by atoms with Crippen LogP contribution in [0.5, 0.6) is 0 Å². The standard InChI is InChI=1S/C15H19FN2O3/c1-8(2)18(3)13-5-4-9(6-12(13)16)17-14(19)10-7-11(10)15(20)21/h4-6,8,10-11H,7H2,1-3H3,(H,17,19)(H,20,21). The van der Waals surface area contributed by atoms with Crippen molar-refractivity contribution in [3.8, 4) is 0 Å². The van der Waals surface area contributed by atoms with Gasteiger partial charge in [-0.15, -0.1) is 0 Å². The number of amides is 1. The van der Waals surface area contributed by atoms with Crippen LogP contribution >= 0.6 is 0 Å². The average molecular weight is 294 g/mol. The molecule has 1 aromatic rings. The zero-order valence-electron chi connectivity index (χ0n) is 12.3. The molecule has 0 spiro atoms. The molecule has 114 valence electrons. The van der Waals surface area contributed by atoms with Crippen molar-refractivity contribution < 1.29 is 19.1 Å². The van der Waals surface area contributed by atoms with Gasteiger partial charge in [0.1, 0.15) is 5.82 Å². The lowest BCUT2D eigenvalue weighted by atomic mass is 10.2. The lowest BCUT2D eigenvalue weighted by Gasteiger charge is -2.24. The molecule has 2 N–H and O–H groups in total. The van der Waals surface area contributed by atoms with E-state index < -0.39 is 23.6 Å². The maximum atomic E-state index is 14.0. The Morgan fingerprint density at radius 1 is 1.38 bits per heavy atom. The van der Waals surface area contributed by atoms with E-state index in [0.29, 0.717) is 17.8 Å².